The molecule has 3 aromatic heterocycles. The van der Waals surface area contributed by atoms with Crippen LogP contribution in [0.25, 0.3) is 5.69 Å². The van der Waals surface area contributed by atoms with Crippen molar-refractivity contribution in [3.05, 3.63) is 81.0 Å². The van der Waals surface area contributed by atoms with Crippen molar-refractivity contribution in [2.24, 2.45) is 0 Å². The third-order valence-corrected chi connectivity index (χ3v) is 6.74. The highest BCUT2D eigenvalue weighted by Crippen LogP contribution is 2.25. The number of aromatic nitrogens is 4. The SMILES string of the molecule is Cc1cc(C(=O)CSc2nncn2-c2cccc(Cl)c2)c(C)n1Cc1cccs1. The number of benzene rings is 1. The predicted molar refractivity (Wildman–Crippen MR) is 119 cm³/mol. The number of rotatable bonds is 7. The summed E-state index contributed by atoms with van der Waals surface area (Å²) in [4.78, 5) is 14.2. The number of aryl methyl sites for hydroxylation is 1. The molecule has 0 radical (unpaired) electrons. The maximum atomic E-state index is 12.9. The summed E-state index contributed by atoms with van der Waals surface area (Å²) in [5.74, 6) is 0.379. The Morgan fingerprint density at radius 2 is 2.07 bits per heavy atom. The van der Waals surface area contributed by atoms with Gasteiger partial charge in [0.1, 0.15) is 6.33 Å². The van der Waals surface area contributed by atoms with Gasteiger partial charge in [-0.25, -0.2) is 0 Å². The minimum Gasteiger partial charge on any atom is -0.343 e. The molecule has 0 fully saturated rings. The number of halogens is 1. The van der Waals surface area contributed by atoms with Crippen LogP contribution in [-0.2, 0) is 6.54 Å². The van der Waals surface area contributed by atoms with Gasteiger partial charge >= 0.3 is 0 Å². The van der Waals surface area contributed by atoms with Gasteiger partial charge in [0.15, 0.2) is 10.9 Å². The van der Waals surface area contributed by atoms with Crippen molar-refractivity contribution in [3.63, 3.8) is 0 Å². The zero-order chi connectivity index (χ0) is 20.4. The average Bonchev–Trinajstić information content (AvgIpc) is 3.44. The van der Waals surface area contributed by atoms with Crippen LogP contribution in [0.3, 0.4) is 0 Å². The fraction of sp³-hybridized carbons (Fsp3) is 0.190. The summed E-state index contributed by atoms with van der Waals surface area (Å²) in [6, 6.07) is 13.6. The van der Waals surface area contributed by atoms with E-state index >= 15 is 0 Å². The van der Waals surface area contributed by atoms with Gasteiger partial charge in [0.2, 0.25) is 0 Å². The molecule has 0 spiro atoms. The molecule has 0 N–H and O–H groups in total. The second-order valence-electron chi connectivity index (χ2n) is 6.63. The van der Waals surface area contributed by atoms with E-state index in [0.717, 1.165) is 29.2 Å². The first-order valence-electron chi connectivity index (χ1n) is 9.04. The summed E-state index contributed by atoms with van der Waals surface area (Å²) in [6.07, 6.45) is 1.63. The zero-order valence-electron chi connectivity index (χ0n) is 16.0. The highest BCUT2D eigenvalue weighted by molar-refractivity contribution is 7.99. The lowest BCUT2D eigenvalue weighted by atomic mass is 10.2. The van der Waals surface area contributed by atoms with Crippen molar-refractivity contribution < 1.29 is 4.79 Å². The van der Waals surface area contributed by atoms with E-state index in [1.165, 1.54) is 16.6 Å². The fourth-order valence-electron chi connectivity index (χ4n) is 3.22. The summed E-state index contributed by atoms with van der Waals surface area (Å²) >= 11 is 9.19. The fourth-order valence-corrected chi connectivity index (χ4v) is 4.91. The van der Waals surface area contributed by atoms with E-state index in [1.807, 2.05) is 54.8 Å². The number of Topliss-reactive ketones (excluding diaryl/α,β-unsaturated/α-hetero) is 1. The Kier molecular flexibility index (Phi) is 5.89. The van der Waals surface area contributed by atoms with Gasteiger partial charge in [-0.1, -0.05) is 35.5 Å². The second-order valence-corrected chi connectivity index (χ2v) is 9.04. The van der Waals surface area contributed by atoms with E-state index in [9.17, 15) is 4.79 Å². The van der Waals surface area contributed by atoms with Crippen LogP contribution >= 0.6 is 34.7 Å². The Morgan fingerprint density at radius 3 is 2.83 bits per heavy atom. The molecule has 0 aliphatic carbocycles. The maximum absolute atomic E-state index is 12.9. The summed E-state index contributed by atoms with van der Waals surface area (Å²) in [5, 5.41) is 11.5. The molecule has 5 nitrogen and oxygen atoms in total. The first-order chi connectivity index (χ1) is 14.0. The van der Waals surface area contributed by atoms with Gasteiger partial charge in [0.05, 0.1) is 18.0 Å². The summed E-state index contributed by atoms with van der Waals surface area (Å²) in [6.45, 7) is 4.84. The van der Waals surface area contributed by atoms with E-state index in [-0.39, 0.29) is 5.78 Å². The number of hydrogen-bond acceptors (Lipinski definition) is 5. The lowest BCUT2D eigenvalue weighted by molar-refractivity contribution is 0.102. The third kappa shape index (κ3) is 4.32. The molecule has 4 rings (SSSR count). The van der Waals surface area contributed by atoms with E-state index in [1.54, 1.807) is 17.7 Å². The molecule has 148 valence electrons. The Labute approximate surface area is 182 Å². The minimum absolute atomic E-state index is 0.0844. The molecule has 0 saturated carbocycles. The smallest absolute Gasteiger partial charge is 0.196 e. The van der Waals surface area contributed by atoms with Crippen LogP contribution in [0.15, 0.2) is 59.3 Å². The van der Waals surface area contributed by atoms with E-state index < -0.39 is 0 Å². The van der Waals surface area contributed by atoms with E-state index in [2.05, 4.69) is 26.2 Å². The van der Waals surface area contributed by atoms with Crippen molar-refractivity contribution >= 4 is 40.5 Å². The van der Waals surface area contributed by atoms with Gasteiger partial charge < -0.3 is 4.57 Å². The van der Waals surface area contributed by atoms with Crippen LogP contribution in [0.2, 0.25) is 5.02 Å². The molecule has 3 heterocycles. The average molecular weight is 443 g/mol. The normalized spacial score (nSPS) is 11.1. The van der Waals surface area contributed by atoms with Gasteiger partial charge in [0, 0.05) is 26.9 Å². The molecule has 4 aromatic rings. The standard InChI is InChI=1S/C21H19ClN4OS2/c1-14-9-19(15(2)25(14)11-18-7-4-8-28-18)20(27)12-29-21-24-23-13-26(21)17-6-3-5-16(22)10-17/h3-10,13H,11-12H2,1-2H3. The lowest BCUT2D eigenvalue weighted by Gasteiger charge is -2.08. The van der Waals surface area contributed by atoms with Crippen LogP contribution in [0.1, 0.15) is 26.6 Å². The number of thioether (sulfide) groups is 1. The van der Waals surface area contributed by atoms with E-state index in [4.69, 9.17) is 11.6 Å². The van der Waals surface area contributed by atoms with Gasteiger partial charge in [-0.2, -0.15) is 0 Å². The summed E-state index contributed by atoms with van der Waals surface area (Å²) < 4.78 is 4.03. The number of hydrogen-bond donors (Lipinski definition) is 0. The van der Waals surface area contributed by atoms with Crippen molar-refractivity contribution in [1.82, 2.24) is 19.3 Å². The van der Waals surface area contributed by atoms with Gasteiger partial charge in [0.25, 0.3) is 0 Å². The number of ketones is 1. The molecular weight excluding hydrogens is 424 g/mol. The number of carbonyl (C=O) groups excluding carboxylic acids is 1. The highest BCUT2D eigenvalue weighted by Gasteiger charge is 2.18. The van der Waals surface area contributed by atoms with Crippen molar-refractivity contribution in [2.45, 2.75) is 25.5 Å². The highest BCUT2D eigenvalue weighted by atomic mass is 35.5. The van der Waals surface area contributed by atoms with Gasteiger partial charge in [-0.05, 0) is 49.6 Å². The molecule has 0 atom stereocenters. The first kappa shape index (κ1) is 19.9. The monoisotopic (exact) mass is 442 g/mol. The summed E-state index contributed by atoms with van der Waals surface area (Å²) in [7, 11) is 0. The number of thiophene rings is 1. The van der Waals surface area contributed by atoms with Crippen LogP contribution < -0.4 is 0 Å². The van der Waals surface area contributed by atoms with Crippen LogP contribution in [0.4, 0.5) is 0 Å². The van der Waals surface area contributed by atoms with Crippen LogP contribution in [-0.4, -0.2) is 30.9 Å². The van der Waals surface area contributed by atoms with Crippen molar-refractivity contribution in [1.29, 1.82) is 0 Å². The molecule has 8 heteroatoms. The second kappa shape index (κ2) is 8.57. The molecule has 0 amide bonds. The Morgan fingerprint density at radius 1 is 1.21 bits per heavy atom. The zero-order valence-corrected chi connectivity index (χ0v) is 18.4. The lowest BCUT2D eigenvalue weighted by Crippen LogP contribution is -2.07. The Bertz CT molecular complexity index is 1150. The predicted octanol–water partition coefficient (Wildman–Crippen LogP) is 5.42. The topological polar surface area (TPSA) is 52.7 Å². The Hall–Kier alpha value is -2.35. The molecule has 0 unspecified atom stereocenters. The molecule has 0 saturated heterocycles. The molecule has 0 bridgehead atoms. The first-order valence-corrected chi connectivity index (χ1v) is 11.3. The van der Waals surface area contributed by atoms with E-state index in [0.29, 0.717) is 15.9 Å². The number of carbonyl (C=O) groups is 1. The Balaban J connectivity index is 1.50. The number of nitrogens with zero attached hydrogens (tertiary/aromatic N) is 4. The molecule has 0 aliphatic heterocycles. The van der Waals surface area contributed by atoms with Gasteiger partial charge in [-0.15, -0.1) is 21.5 Å². The third-order valence-electron chi connectivity index (χ3n) is 4.70. The largest absolute Gasteiger partial charge is 0.343 e. The maximum Gasteiger partial charge on any atom is 0.196 e. The van der Waals surface area contributed by atoms with Crippen LogP contribution in [0.5, 0.6) is 0 Å². The summed E-state index contributed by atoms with van der Waals surface area (Å²) in [5.41, 5.74) is 3.72. The quantitative estimate of drug-likeness (QED) is 0.283. The molecular formula is C21H19ClN4OS2. The van der Waals surface area contributed by atoms with Crippen molar-refractivity contribution in [3.8, 4) is 5.69 Å². The minimum atomic E-state index is 0.0844. The van der Waals surface area contributed by atoms with Gasteiger partial charge in [-0.3, -0.25) is 9.36 Å². The molecule has 0 aliphatic rings. The molecule has 29 heavy (non-hydrogen) atoms. The van der Waals surface area contributed by atoms with Crippen molar-refractivity contribution in [2.75, 3.05) is 5.75 Å². The molecule has 1 aromatic carbocycles. The van der Waals surface area contributed by atoms with Crippen LogP contribution in [0, 0.1) is 13.8 Å².